The molecule has 0 bridgehead atoms. The predicted octanol–water partition coefficient (Wildman–Crippen LogP) is 4.27. The van der Waals surface area contributed by atoms with Crippen LogP contribution in [0.3, 0.4) is 0 Å². The lowest BCUT2D eigenvalue weighted by atomic mass is 10.2. The molecule has 212 valence electrons. The number of hydrogen-bond acceptors (Lipinski definition) is 7. The summed E-state index contributed by atoms with van der Waals surface area (Å²) in [6, 6.07) is 22.3. The predicted molar refractivity (Wildman–Crippen MR) is 153 cm³/mol. The maximum Gasteiger partial charge on any atom is 0.307 e. The van der Waals surface area contributed by atoms with Gasteiger partial charge in [0.2, 0.25) is 0 Å². The van der Waals surface area contributed by atoms with Crippen LogP contribution in [0.5, 0.6) is 11.5 Å². The normalized spacial score (nSPS) is 13.4. The Bertz CT molecular complexity index is 1500. The topological polar surface area (TPSA) is 108 Å². The van der Waals surface area contributed by atoms with Gasteiger partial charge < -0.3 is 28.1 Å². The molecular weight excluding hydrogens is 524 g/mol. The number of ether oxygens (including phenoxy) is 3. The molecule has 41 heavy (non-hydrogen) atoms. The van der Waals surface area contributed by atoms with E-state index in [-0.39, 0.29) is 24.9 Å². The Labute approximate surface area is 238 Å². The standard InChI is InChI=1S/C31H32N4O6/c1-22-6-7-23(2)35(22)25-8-10-26(11-9-25)39-20-28-12-13-29(41-28)31(37)33-32-19-24-4-3-5-27(18-24)40-21-30(36)34-14-16-38-17-15-34/h3-13,18-19H,14-17,20-21H2,1-2H3,(H,33,37)/b32-19+. The molecule has 0 unspecified atom stereocenters. The number of morpholine rings is 1. The van der Waals surface area contributed by atoms with E-state index < -0.39 is 5.91 Å². The van der Waals surface area contributed by atoms with Gasteiger partial charge in [-0.1, -0.05) is 12.1 Å². The molecule has 1 N–H and O–H groups in total. The minimum atomic E-state index is -0.488. The third kappa shape index (κ3) is 7.23. The van der Waals surface area contributed by atoms with E-state index in [9.17, 15) is 9.59 Å². The van der Waals surface area contributed by atoms with Crippen LogP contribution < -0.4 is 14.9 Å². The molecule has 0 atom stereocenters. The minimum Gasteiger partial charge on any atom is -0.486 e. The fourth-order valence-corrected chi connectivity index (χ4v) is 4.45. The maximum atomic E-state index is 12.5. The molecule has 10 heteroatoms. The van der Waals surface area contributed by atoms with Gasteiger partial charge in [0.15, 0.2) is 12.4 Å². The molecular formula is C31H32N4O6. The van der Waals surface area contributed by atoms with E-state index in [0.29, 0.717) is 49.1 Å². The third-order valence-electron chi connectivity index (χ3n) is 6.60. The number of aromatic nitrogens is 1. The van der Waals surface area contributed by atoms with Crippen molar-refractivity contribution in [2.75, 3.05) is 32.9 Å². The Morgan fingerprint density at radius 1 is 0.927 bits per heavy atom. The number of nitrogens with one attached hydrogen (secondary N) is 1. The fourth-order valence-electron chi connectivity index (χ4n) is 4.45. The second-order valence-electron chi connectivity index (χ2n) is 9.55. The number of furan rings is 1. The lowest BCUT2D eigenvalue weighted by molar-refractivity contribution is -0.137. The first-order chi connectivity index (χ1) is 20.0. The first-order valence-corrected chi connectivity index (χ1v) is 13.3. The fraction of sp³-hybridized carbons (Fsp3) is 0.258. The second-order valence-corrected chi connectivity index (χ2v) is 9.55. The molecule has 4 aromatic rings. The zero-order valence-corrected chi connectivity index (χ0v) is 23.0. The van der Waals surface area contributed by atoms with Crippen molar-refractivity contribution in [3.63, 3.8) is 0 Å². The Balaban J connectivity index is 1.08. The third-order valence-corrected chi connectivity index (χ3v) is 6.60. The number of aryl methyl sites for hydroxylation is 2. The zero-order valence-electron chi connectivity index (χ0n) is 23.0. The molecule has 0 radical (unpaired) electrons. The molecule has 10 nitrogen and oxygen atoms in total. The van der Waals surface area contributed by atoms with Crippen molar-refractivity contribution in [2.24, 2.45) is 5.10 Å². The maximum absolute atomic E-state index is 12.5. The van der Waals surface area contributed by atoms with Gasteiger partial charge in [-0.3, -0.25) is 9.59 Å². The average Bonchev–Trinajstić information content (AvgIpc) is 3.61. The van der Waals surface area contributed by atoms with Crippen molar-refractivity contribution < 1.29 is 28.2 Å². The Hall–Kier alpha value is -4.83. The molecule has 1 saturated heterocycles. The monoisotopic (exact) mass is 556 g/mol. The first-order valence-electron chi connectivity index (χ1n) is 13.3. The molecule has 1 aliphatic rings. The van der Waals surface area contributed by atoms with Gasteiger partial charge in [-0.25, -0.2) is 5.43 Å². The summed E-state index contributed by atoms with van der Waals surface area (Å²) in [6.07, 6.45) is 1.49. The number of rotatable bonds is 10. The number of carbonyl (C=O) groups excluding carboxylic acids is 2. The number of carbonyl (C=O) groups is 2. The summed E-state index contributed by atoms with van der Waals surface area (Å²) in [6.45, 7) is 6.49. The molecule has 1 fully saturated rings. The Kier molecular flexibility index (Phi) is 8.80. The number of benzene rings is 2. The summed E-state index contributed by atoms with van der Waals surface area (Å²) < 4.78 is 24.5. The van der Waals surface area contributed by atoms with Gasteiger partial charge in [0, 0.05) is 30.2 Å². The molecule has 5 rings (SSSR count). The van der Waals surface area contributed by atoms with Crippen LogP contribution in [0, 0.1) is 13.8 Å². The number of hydrogen-bond donors (Lipinski definition) is 1. The SMILES string of the molecule is Cc1ccc(C)n1-c1ccc(OCc2ccc(C(=O)N/N=C/c3cccc(OCC(=O)N4CCOCC4)c3)o2)cc1. The van der Waals surface area contributed by atoms with Crippen LogP contribution in [0.2, 0.25) is 0 Å². The molecule has 1 aliphatic heterocycles. The molecule has 2 aromatic carbocycles. The van der Waals surface area contributed by atoms with Crippen LogP contribution in [-0.4, -0.2) is 60.4 Å². The van der Waals surface area contributed by atoms with Crippen molar-refractivity contribution in [2.45, 2.75) is 20.5 Å². The molecule has 0 aliphatic carbocycles. The highest BCUT2D eigenvalue weighted by Gasteiger charge is 2.17. The van der Waals surface area contributed by atoms with E-state index in [4.69, 9.17) is 18.6 Å². The van der Waals surface area contributed by atoms with E-state index >= 15 is 0 Å². The number of nitrogens with zero attached hydrogens (tertiary/aromatic N) is 3. The van der Waals surface area contributed by atoms with E-state index in [0.717, 1.165) is 17.1 Å². The Morgan fingerprint density at radius 2 is 1.68 bits per heavy atom. The van der Waals surface area contributed by atoms with Crippen molar-refractivity contribution in [3.05, 3.63) is 101 Å². The van der Waals surface area contributed by atoms with E-state index in [1.165, 1.54) is 6.21 Å². The van der Waals surface area contributed by atoms with Gasteiger partial charge in [-0.15, -0.1) is 0 Å². The van der Waals surface area contributed by atoms with Gasteiger partial charge in [-0.2, -0.15) is 5.10 Å². The second kappa shape index (κ2) is 13.0. The smallest absolute Gasteiger partial charge is 0.307 e. The van der Waals surface area contributed by atoms with Crippen LogP contribution in [0.1, 0.15) is 33.3 Å². The van der Waals surface area contributed by atoms with E-state index in [2.05, 4.69) is 41.1 Å². The highest BCUT2D eigenvalue weighted by Crippen LogP contribution is 2.21. The molecule has 0 saturated carbocycles. The summed E-state index contributed by atoms with van der Waals surface area (Å²) in [5.41, 5.74) is 6.54. The van der Waals surface area contributed by atoms with Gasteiger partial charge in [-0.05, 0) is 80.1 Å². The van der Waals surface area contributed by atoms with Crippen molar-refractivity contribution in [1.29, 1.82) is 0 Å². The van der Waals surface area contributed by atoms with Crippen molar-refractivity contribution in [3.8, 4) is 17.2 Å². The summed E-state index contributed by atoms with van der Waals surface area (Å²) in [5, 5.41) is 4.01. The Morgan fingerprint density at radius 3 is 2.44 bits per heavy atom. The molecule has 2 amide bonds. The highest BCUT2D eigenvalue weighted by atomic mass is 16.5. The summed E-state index contributed by atoms with van der Waals surface area (Å²) in [4.78, 5) is 26.5. The molecule has 0 spiro atoms. The zero-order chi connectivity index (χ0) is 28.6. The van der Waals surface area contributed by atoms with Gasteiger partial charge in [0.05, 0.1) is 19.4 Å². The van der Waals surface area contributed by atoms with E-state index in [1.807, 2.05) is 30.3 Å². The van der Waals surface area contributed by atoms with Crippen LogP contribution >= 0.6 is 0 Å². The van der Waals surface area contributed by atoms with Crippen molar-refractivity contribution >= 4 is 18.0 Å². The van der Waals surface area contributed by atoms with Crippen LogP contribution in [0.15, 0.2) is 82.3 Å². The van der Waals surface area contributed by atoms with Crippen LogP contribution in [0.25, 0.3) is 5.69 Å². The van der Waals surface area contributed by atoms with Gasteiger partial charge in [0.25, 0.3) is 5.91 Å². The van der Waals surface area contributed by atoms with Crippen molar-refractivity contribution in [1.82, 2.24) is 14.9 Å². The van der Waals surface area contributed by atoms with Crippen LogP contribution in [-0.2, 0) is 16.1 Å². The quantitative estimate of drug-likeness (QED) is 0.231. The largest absolute Gasteiger partial charge is 0.486 e. The lowest BCUT2D eigenvalue weighted by Gasteiger charge is -2.26. The van der Waals surface area contributed by atoms with Gasteiger partial charge >= 0.3 is 5.91 Å². The average molecular weight is 557 g/mol. The number of hydrazone groups is 1. The van der Waals surface area contributed by atoms with Crippen LogP contribution in [0.4, 0.5) is 0 Å². The summed E-state index contributed by atoms with van der Waals surface area (Å²) in [5.74, 6) is 1.28. The minimum absolute atomic E-state index is 0.0552. The van der Waals surface area contributed by atoms with E-state index in [1.54, 1.807) is 35.2 Å². The molecule has 2 aromatic heterocycles. The lowest BCUT2D eigenvalue weighted by Crippen LogP contribution is -2.42. The molecule has 3 heterocycles. The summed E-state index contributed by atoms with van der Waals surface area (Å²) in [7, 11) is 0. The first kappa shape index (κ1) is 27.7. The highest BCUT2D eigenvalue weighted by molar-refractivity contribution is 5.92. The summed E-state index contributed by atoms with van der Waals surface area (Å²) >= 11 is 0. The number of amides is 2. The van der Waals surface area contributed by atoms with Gasteiger partial charge in [0.1, 0.15) is 23.9 Å².